The fraction of sp³-hybridized carbons (Fsp3) is 0.308. The van der Waals surface area contributed by atoms with Crippen LogP contribution in [0.15, 0.2) is 30.6 Å². The summed E-state index contributed by atoms with van der Waals surface area (Å²) in [7, 11) is 0. The number of aromatic nitrogens is 3. The zero-order valence-corrected chi connectivity index (χ0v) is 10.3. The third kappa shape index (κ3) is 1.68. The molecule has 2 aromatic rings. The predicted octanol–water partition coefficient (Wildman–Crippen LogP) is 1.64. The fourth-order valence-electron chi connectivity index (χ4n) is 2.32. The molecule has 0 saturated carbocycles. The van der Waals surface area contributed by atoms with E-state index in [1.165, 1.54) is 5.56 Å². The lowest BCUT2D eigenvalue weighted by atomic mass is 10.1. The van der Waals surface area contributed by atoms with Gasteiger partial charge in [0.25, 0.3) is 0 Å². The zero-order chi connectivity index (χ0) is 12.5. The maximum Gasteiger partial charge on any atom is 0.152 e. The standard InChI is InChI=1S/C13H15N5/c1-2-17-9-15-16-12(17)8-18-7-10-5-3-4-6-11(10)13(18)14/h3-6,9,14H,2,7-8H2,1H3. The summed E-state index contributed by atoms with van der Waals surface area (Å²) in [5.74, 6) is 1.49. The van der Waals surface area contributed by atoms with Gasteiger partial charge in [-0.25, -0.2) is 0 Å². The van der Waals surface area contributed by atoms with Crippen molar-refractivity contribution in [3.63, 3.8) is 0 Å². The van der Waals surface area contributed by atoms with Crippen molar-refractivity contribution in [1.82, 2.24) is 19.7 Å². The molecule has 3 rings (SSSR count). The minimum Gasteiger partial charge on any atom is -0.345 e. The van der Waals surface area contributed by atoms with Crippen molar-refractivity contribution in [2.24, 2.45) is 0 Å². The summed E-state index contributed by atoms with van der Waals surface area (Å²) in [6.07, 6.45) is 1.74. The molecule has 18 heavy (non-hydrogen) atoms. The maximum absolute atomic E-state index is 8.19. The van der Waals surface area contributed by atoms with Crippen molar-refractivity contribution < 1.29 is 0 Å². The number of aryl methyl sites for hydroxylation is 1. The Kier molecular flexibility index (Phi) is 2.59. The lowest BCUT2D eigenvalue weighted by Gasteiger charge is -2.17. The predicted molar refractivity (Wildman–Crippen MR) is 68.2 cm³/mol. The lowest BCUT2D eigenvalue weighted by molar-refractivity contribution is 0.400. The van der Waals surface area contributed by atoms with Crippen LogP contribution in [0.25, 0.3) is 0 Å². The second kappa shape index (κ2) is 4.25. The van der Waals surface area contributed by atoms with Gasteiger partial charge in [0.15, 0.2) is 5.82 Å². The number of benzene rings is 1. The molecule has 0 aliphatic carbocycles. The molecule has 1 aromatic heterocycles. The van der Waals surface area contributed by atoms with Gasteiger partial charge in [-0.2, -0.15) is 0 Å². The molecule has 0 unspecified atom stereocenters. The number of amidine groups is 1. The molecule has 0 atom stereocenters. The van der Waals surface area contributed by atoms with E-state index >= 15 is 0 Å². The normalized spacial score (nSPS) is 14.1. The summed E-state index contributed by atoms with van der Waals surface area (Å²) < 4.78 is 2.01. The molecule has 0 saturated heterocycles. The van der Waals surface area contributed by atoms with E-state index in [9.17, 15) is 0 Å². The smallest absolute Gasteiger partial charge is 0.152 e. The summed E-state index contributed by atoms with van der Waals surface area (Å²) in [5.41, 5.74) is 2.24. The van der Waals surface area contributed by atoms with Gasteiger partial charge in [0.05, 0.1) is 6.54 Å². The molecule has 5 nitrogen and oxygen atoms in total. The van der Waals surface area contributed by atoms with Crippen LogP contribution in [-0.2, 0) is 19.6 Å². The highest BCUT2D eigenvalue weighted by Crippen LogP contribution is 2.23. The Morgan fingerprint density at radius 3 is 2.94 bits per heavy atom. The maximum atomic E-state index is 8.19. The Bertz CT molecular complexity index is 587. The van der Waals surface area contributed by atoms with Gasteiger partial charge in [-0.15, -0.1) is 10.2 Å². The van der Waals surface area contributed by atoms with Crippen LogP contribution in [0.5, 0.6) is 0 Å². The van der Waals surface area contributed by atoms with Crippen LogP contribution in [-0.4, -0.2) is 25.5 Å². The topological polar surface area (TPSA) is 57.8 Å². The van der Waals surface area contributed by atoms with Crippen molar-refractivity contribution in [2.45, 2.75) is 26.6 Å². The lowest BCUT2D eigenvalue weighted by Crippen LogP contribution is -2.25. The molecule has 0 amide bonds. The average molecular weight is 241 g/mol. The van der Waals surface area contributed by atoms with Crippen LogP contribution in [0.2, 0.25) is 0 Å². The van der Waals surface area contributed by atoms with Crippen molar-refractivity contribution in [1.29, 1.82) is 5.41 Å². The highest BCUT2D eigenvalue weighted by molar-refractivity contribution is 6.00. The van der Waals surface area contributed by atoms with Gasteiger partial charge in [0.1, 0.15) is 12.2 Å². The molecule has 1 aromatic carbocycles. The first kappa shape index (κ1) is 11.0. The first-order chi connectivity index (χ1) is 8.79. The second-order valence-corrected chi connectivity index (χ2v) is 4.39. The number of nitrogens with one attached hydrogen (secondary N) is 1. The number of nitrogens with zero attached hydrogens (tertiary/aromatic N) is 4. The Balaban J connectivity index is 1.83. The molecule has 0 spiro atoms. The number of rotatable bonds is 3. The van der Waals surface area contributed by atoms with Crippen LogP contribution in [0.1, 0.15) is 23.9 Å². The van der Waals surface area contributed by atoms with Crippen LogP contribution < -0.4 is 0 Å². The summed E-state index contributed by atoms with van der Waals surface area (Å²) in [6.45, 7) is 4.35. The van der Waals surface area contributed by atoms with Crippen molar-refractivity contribution in [2.75, 3.05) is 0 Å². The van der Waals surface area contributed by atoms with E-state index in [1.807, 2.05) is 27.7 Å². The Hall–Kier alpha value is -2.17. The SMILES string of the molecule is CCn1cnnc1CN1Cc2ccccc2C1=N. The second-order valence-electron chi connectivity index (χ2n) is 4.39. The molecule has 5 heteroatoms. The van der Waals surface area contributed by atoms with Gasteiger partial charge in [-0.3, -0.25) is 5.41 Å². The summed E-state index contributed by atoms with van der Waals surface area (Å²) in [4.78, 5) is 2.03. The van der Waals surface area contributed by atoms with Crippen LogP contribution in [0.3, 0.4) is 0 Å². The molecule has 92 valence electrons. The molecule has 2 heterocycles. The van der Waals surface area contributed by atoms with E-state index < -0.39 is 0 Å². The van der Waals surface area contributed by atoms with Gasteiger partial charge < -0.3 is 9.47 Å². The van der Waals surface area contributed by atoms with Crippen molar-refractivity contribution >= 4 is 5.84 Å². The molecule has 1 N–H and O–H groups in total. The molecular weight excluding hydrogens is 226 g/mol. The summed E-state index contributed by atoms with van der Waals surface area (Å²) in [5, 5.41) is 16.2. The first-order valence-electron chi connectivity index (χ1n) is 6.08. The van der Waals surface area contributed by atoms with Gasteiger partial charge in [-0.1, -0.05) is 24.3 Å². The Morgan fingerprint density at radius 2 is 2.17 bits per heavy atom. The monoisotopic (exact) mass is 241 g/mol. The van der Waals surface area contributed by atoms with Crippen molar-refractivity contribution in [3.8, 4) is 0 Å². The minimum absolute atomic E-state index is 0.580. The Labute approximate surface area is 106 Å². The Morgan fingerprint density at radius 1 is 1.33 bits per heavy atom. The first-order valence-corrected chi connectivity index (χ1v) is 6.08. The number of hydrogen-bond acceptors (Lipinski definition) is 3. The average Bonchev–Trinajstić information content (AvgIpc) is 2.96. The van der Waals surface area contributed by atoms with E-state index in [-0.39, 0.29) is 0 Å². The molecule has 0 fully saturated rings. The number of hydrogen-bond donors (Lipinski definition) is 1. The van der Waals surface area contributed by atoms with Gasteiger partial charge in [-0.05, 0) is 12.5 Å². The molecular formula is C13H15N5. The highest BCUT2D eigenvalue weighted by atomic mass is 15.3. The molecule has 1 aliphatic heterocycles. The van der Waals surface area contributed by atoms with Crippen molar-refractivity contribution in [3.05, 3.63) is 47.5 Å². The molecule has 1 aliphatic rings. The van der Waals surface area contributed by atoms with Crippen LogP contribution in [0.4, 0.5) is 0 Å². The summed E-state index contributed by atoms with van der Waals surface area (Å²) in [6, 6.07) is 8.08. The van der Waals surface area contributed by atoms with E-state index in [0.717, 1.165) is 24.5 Å². The third-order valence-corrected chi connectivity index (χ3v) is 3.32. The van der Waals surface area contributed by atoms with Gasteiger partial charge in [0, 0.05) is 18.7 Å². The van der Waals surface area contributed by atoms with Gasteiger partial charge in [0.2, 0.25) is 0 Å². The van der Waals surface area contributed by atoms with Gasteiger partial charge >= 0.3 is 0 Å². The third-order valence-electron chi connectivity index (χ3n) is 3.32. The quantitative estimate of drug-likeness (QED) is 0.888. The van der Waals surface area contributed by atoms with E-state index in [2.05, 4.69) is 23.2 Å². The molecule has 0 radical (unpaired) electrons. The van der Waals surface area contributed by atoms with E-state index in [1.54, 1.807) is 6.33 Å². The largest absolute Gasteiger partial charge is 0.345 e. The summed E-state index contributed by atoms with van der Waals surface area (Å²) >= 11 is 0. The van der Waals surface area contributed by atoms with E-state index in [4.69, 9.17) is 5.41 Å². The van der Waals surface area contributed by atoms with E-state index in [0.29, 0.717) is 12.4 Å². The number of fused-ring (bicyclic) bond motifs is 1. The highest BCUT2D eigenvalue weighted by Gasteiger charge is 2.24. The molecule has 0 bridgehead atoms. The zero-order valence-electron chi connectivity index (χ0n) is 10.3. The van der Waals surface area contributed by atoms with Crippen LogP contribution >= 0.6 is 0 Å². The minimum atomic E-state index is 0.580. The van der Waals surface area contributed by atoms with Crippen LogP contribution in [0, 0.1) is 5.41 Å². The fourth-order valence-corrected chi connectivity index (χ4v) is 2.32.